The lowest BCUT2D eigenvalue weighted by atomic mass is 10.0. The van der Waals surface area contributed by atoms with Gasteiger partial charge in [0.15, 0.2) is 0 Å². The molecule has 82 valence electrons. The summed E-state index contributed by atoms with van der Waals surface area (Å²) in [6.07, 6.45) is 4.10. The smallest absolute Gasteiger partial charge is 0.384 e. The van der Waals surface area contributed by atoms with E-state index in [1.165, 1.54) is 0 Å². The quantitative estimate of drug-likeness (QED) is 0.403. The fourth-order valence-corrected chi connectivity index (χ4v) is 1.74. The van der Waals surface area contributed by atoms with Crippen molar-refractivity contribution in [3.8, 4) is 11.8 Å². The molecule has 1 fully saturated rings. The molecule has 15 heavy (non-hydrogen) atoms. The van der Waals surface area contributed by atoms with Crippen molar-refractivity contribution in [2.45, 2.75) is 39.0 Å². The number of ketones is 1. The van der Waals surface area contributed by atoms with Gasteiger partial charge in [-0.15, -0.1) is 0 Å². The molecule has 1 rings (SSSR count). The highest BCUT2D eigenvalue weighted by atomic mass is 16.5. The molecule has 1 unspecified atom stereocenters. The SMILES string of the molecule is CCOC(=O)C#CCCC1CCCC1=O. The number of hydrogen-bond acceptors (Lipinski definition) is 3. The Morgan fingerprint density at radius 3 is 3.00 bits per heavy atom. The van der Waals surface area contributed by atoms with Gasteiger partial charge >= 0.3 is 5.97 Å². The number of rotatable bonds is 3. The third-order valence-corrected chi connectivity index (χ3v) is 2.51. The molecule has 0 spiro atoms. The number of ether oxygens (including phenoxy) is 1. The van der Waals surface area contributed by atoms with Gasteiger partial charge in [-0.3, -0.25) is 4.79 Å². The minimum Gasteiger partial charge on any atom is -0.456 e. The highest BCUT2D eigenvalue weighted by molar-refractivity contribution is 5.88. The van der Waals surface area contributed by atoms with Crippen LogP contribution in [0.15, 0.2) is 0 Å². The monoisotopic (exact) mass is 208 g/mol. The van der Waals surface area contributed by atoms with Crippen LogP contribution in [0.3, 0.4) is 0 Å². The highest BCUT2D eigenvalue weighted by Crippen LogP contribution is 2.24. The third-order valence-electron chi connectivity index (χ3n) is 2.51. The van der Waals surface area contributed by atoms with Gasteiger partial charge in [0.1, 0.15) is 5.78 Å². The van der Waals surface area contributed by atoms with E-state index in [1.54, 1.807) is 6.92 Å². The van der Waals surface area contributed by atoms with E-state index >= 15 is 0 Å². The Hall–Kier alpha value is -1.30. The lowest BCUT2D eigenvalue weighted by Crippen LogP contribution is -2.05. The van der Waals surface area contributed by atoms with Crippen LogP contribution in [0.4, 0.5) is 0 Å². The molecule has 0 heterocycles. The molecule has 3 nitrogen and oxygen atoms in total. The fourth-order valence-electron chi connectivity index (χ4n) is 1.74. The maximum Gasteiger partial charge on any atom is 0.384 e. The maximum absolute atomic E-state index is 11.3. The highest BCUT2D eigenvalue weighted by Gasteiger charge is 2.23. The van der Waals surface area contributed by atoms with Crippen molar-refractivity contribution in [2.75, 3.05) is 6.61 Å². The van der Waals surface area contributed by atoms with Gasteiger partial charge in [0.05, 0.1) is 6.61 Å². The first-order chi connectivity index (χ1) is 7.24. The van der Waals surface area contributed by atoms with Gasteiger partial charge in [-0.25, -0.2) is 4.79 Å². The van der Waals surface area contributed by atoms with Gasteiger partial charge in [0, 0.05) is 24.7 Å². The predicted molar refractivity (Wildman–Crippen MR) is 56.0 cm³/mol. The van der Waals surface area contributed by atoms with E-state index in [0.717, 1.165) is 25.7 Å². The zero-order valence-corrected chi connectivity index (χ0v) is 9.04. The van der Waals surface area contributed by atoms with Gasteiger partial charge in [-0.05, 0) is 26.2 Å². The van der Waals surface area contributed by atoms with Crippen LogP contribution in [0.2, 0.25) is 0 Å². The second kappa shape index (κ2) is 6.23. The van der Waals surface area contributed by atoms with Gasteiger partial charge in [-0.2, -0.15) is 0 Å². The zero-order valence-electron chi connectivity index (χ0n) is 9.04. The second-order valence-electron chi connectivity index (χ2n) is 3.62. The first-order valence-electron chi connectivity index (χ1n) is 5.42. The van der Waals surface area contributed by atoms with E-state index in [9.17, 15) is 9.59 Å². The number of hydrogen-bond donors (Lipinski definition) is 0. The van der Waals surface area contributed by atoms with E-state index in [-0.39, 0.29) is 5.92 Å². The predicted octanol–water partition coefficient (Wildman–Crippen LogP) is 1.70. The summed E-state index contributed by atoms with van der Waals surface area (Å²) in [5.41, 5.74) is 0. The molecule has 0 amide bonds. The van der Waals surface area contributed by atoms with Crippen LogP contribution in [0.1, 0.15) is 39.0 Å². The van der Waals surface area contributed by atoms with Crippen LogP contribution in [-0.2, 0) is 14.3 Å². The summed E-state index contributed by atoms with van der Waals surface area (Å²) in [5.74, 6) is 5.20. The van der Waals surface area contributed by atoms with E-state index in [0.29, 0.717) is 18.8 Å². The molecular weight excluding hydrogens is 192 g/mol. The summed E-state index contributed by atoms with van der Waals surface area (Å²) in [4.78, 5) is 22.1. The van der Waals surface area contributed by atoms with E-state index in [1.807, 2.05) is 0 Å². The first-order valence-corrected chi connectivity index (χ1v) is 5.42. The van der Waals surface area contributed by atoms with E-state index < -0.39 is 5.97 Å². The number of carbonyl (C=O) groups is 2. The van der Waals surface area contributed by atoms with Crippen LogP contribution in [0, 0.1) is 17.8 Å². The van der Waals surface area contributed by atoms with Gasteiger partial charge < -0.3 is 4.74 Å². The van der Waals surface area contributed by atoms with Crippen LogP contribution in [0.5, 0.6) is 0 Å². The zero-order chi connectivity index (χ0) is 11.1. The summed E-state index contributed by atoms with van der Waals surface area (Å²) in [7, 11) is 0. The molecule has 0 N–H and O–H groups in total. The van der Waals surface area contributed by atoms with Crippen LogP contribution < -0.4 is 0 Å². The molecule has 0 aromatic carbocycles. The molecule has 3 heteroatoms. The summed E-state index contributed by atoms with van der Waals surface area (Å²) < 4.78 is 4.66. The van der Waals surface area contributed by atoms with Crippen molar-refractivity contribution in [3.05, 3.63) is 0 Å². The topological polar surface area (TPSA) is 43.4 Å². The minimum atomic E-state index is -0.477. The van der Waals surface area contributed by atoms with Gasteiger partial charge in [-0.1, -0.05) is 5.92 Å². The molecule has 1 saturated carbocycles. The van der Waals surface area contributed by atoms with Crippen molar-refractivity contribution in [1.29, 1.82) is 0 Å². The molecule has 1 aliphatic carbocycles. The summed E-state index contributed by atoms with van der Waals surface area (Å²) in [6, 6.07) is 0. The van der Waals surface area contributed by atoms with Crippen molar-refractivity contribution in [1.82, 2.24) is 0 Å². The third kappa shape index (κ3) is 4.16. The van der Waals surface area contributed by atoms with E-state index in [4.69, 9.17) is 0 Å². The largest absolute Gasteiger partial charge is 0.456 e. The van der Waals surface area contributed by atoms with Crippen molar-refractivity contribution in [3.63, 3.8) is 0 Å². The minimum absolute atomic E-state index is 0.182. The Labute approximate surface area is 90.2 Å². The first kappa shape index (κ1) is 11.8. The van der Waals surface area contributed by atoms with Gasteiger partial charge in [0.2, 0.25) is 0 Å². The molecular formula is C12H16O3. The summed E-state index contributed by atoms with van der Waals surface area (Å²) in [6.45, 7) is 2.10. The van der Waals surface area contributed by atoms with Crippen molar-refractivity contribution >= 4 is 11.8 Å². The molecule has 0 aromatic rings. The van der Waals surface area contributed by atoms with Crippen LogP contribution in [-0.4, -0.2) is 18.4 Å². The molecule has 0 aliphatic heterocycles. The lowest BCUT2D eigenvalue weighted by molar-refractivity contribution is -0.136. The number of carbonyl (C=O) groups excluding carboxylic acids is 2. The maximum atomic E-state index is 11.3. The Kier molecular flexibility index (Phi) is 4.89. The second-order valence-corrected chi connectivity index (χ2v) is 3.62. The van der Waals surface area contributed by atoms with Gasteiger partial charge in [0.25, 0.3) is 0 Å². The summed E-state index contributed by atoms with van der Waals surface area (Å²) >= 11 is 0. The number of esters is 1. The average Bonchev–Trinajstić information content (AvgIpc) is 2.60. The molecule has 0 bridgehead atoms. The Morgan fingerprint density at radius 1 is 1.60 bits per heavy atom. The fraction of sp³-hybridized carbons (Fsp3) is 0.667. The summed E-state index contributed by atoms with van der Waals surface area (Å²) in [5, 5.41) is 0. The Morgan fingerprint density at radius 2 is 2.40 bits per heavy atom. The molecule has 1 aliphatic rings. The lowest BCUT2D eigenvalue weighted by Gasteiger charge is -2.02. The molecule has 0 saturated heterocycles. The average molecular weight is 208 g/mol. The normalized spacial score (nSPS) is 19.5. The van der Waals surface area contributed by atoms with Crippen LogP contribution in [0.25, 0.3) is 0 Å². The van der Waals surface area contributed by atoms with E-state index in [2.05, 4.69) is 16.6 Å². The van der Waals surface area contributed by atoms with Crippen LogP contribution >= 0.6 is 0 Å². The van der Waals surface area contributed by atoms with Crippen molar-refractivity contribution < 1.29 is 14.3 Å². The Balaban J connectivity index is 2.20. The molecule has 1 atom stereocenters. The Bertz CT molecular complexity index is 296. The molecule has 0 radical (unpaired) electrons. The van der Waals surface area contributed by atoms with Crippen molar-refractivity contribution in [2.24, 2.45) is 5.92 Å². The molecule has 0 aromatic heterocycles. The standard InChI is InChI=1S/C12H16O3/c1-2-15-12(14)9-4-3-6-10-7-5-8-11(10)13/h10H,2-3,5-8H2,1H3. The number of Topliss-reactive ketones (excluding diaryl/α,β-unsaturated/α-hetero) is 1.